The van der Waals surface area contributed by atoms with Crippen LogP contribution in [-0.4, -0.2) is 12.6 Å². The lowest BCUT2D eigenvalue weighted by molar-refractivity contribution is 0.0471. The summed E-state index contributed by atoms with van der Waals surface area (Å²) in [4.78, 5) is 12.0. The standard InChI is InChI=1S/C17H21ClO2/c1-11(2)9-13-14(17(13,3)4)10-20-16(19)12-7-5-6-8-15(12)18/h5-9,13-14H,10H2,1-4H3/t13-,14+/m1/s1. The van der Waals surface area contributed by atoms with Crippen LogP contribution in [0.5, 0.6) is 0 Å². The predicted octanol–water partition coefficient (Wildman–Crippen LogP) is 4.74. The maximum Gasteiger partial charge on any atom is 0.339 e. The summed E-state index contributed by atoms with van der Waals surface area (Å²) in [5.74, 6) is 0.546. The molecule has 0 N–H and O–H groups in total. The van der Waals surface area contributed by atoms with Crippen LogP contribution < -0.4 is 0 Å². The minimum Gasteiger partial charge on any atom is -0.462 e. The molecule has 1 saturated carbocycles. The molecular weight excluding hydrogens is 272 g/mol. The van der Waals surface area contributed by atoms with Gasteiger partial charge in [0.1, 0.15) is 0 Å². The summed E-state index contributed by atoms with van der Waals surface area (Å²) >= 11 is 5.99. The molecule has 2 atom stereocenters. The van der Waals surface area contributed by atoms with Crippen molar-refractivity contribution in [3.63, 3.8) is 0 Å². The van der Waals surface area contributed by atoms with Crippen molar-refractivity contribution in [3.8, 4) is 0 Å². The average molecular weight is 293 g/mol. The molecule has 0 spiro atoms. The molecule has 0 aromatic heterocycles. The van der Waals surface area contributed by atoms with Crippen LogP contribution in [0.4, 0.5) is 0 Å². The first-order valence-corrected chi connectivity index (χ1v) is 7.28. The van der Waals surface area contributed by atoms with Crippen LogP contribution in [0.1, 0.15) is 38.1 Å². The molecule has 1 aromatic carbocycles. The third-order valence-electron chi connectivity index (χ3n) is 4.14. The number of rotatable bonds is 4. The molecule has 1 aliphatic carbocycles. The first-order chi connectivity index (χ1) is 9.34. The van der Waals surface area contributed by atoms with Gasteiger partial charge in [0, 0.05) is 5.92 Å². The number of carbonyl (C=O) groups is 1. The number of carbonyl (C=O) groups excluding carboxylic acids is 1. The van der Waals surface area contributed by atoms with E-state index in [4.69, 9.17) is 16.3 Å². The molecule has 0 amide bonds. The molecule has 0 unspecified atom stereocenters. The van der Waals surface area contributed by atoms with E-state index in [9.17, 15) is 4.79 Å². The number of benzene rings is 1. The van der Waals surface area contributed by atoms with Crippen LogP contribution in [0.2, 0.25) is 5.02 Å². The Kier molecular flexibility index (Phi) is 4.24. The summed E-state index contributed by atoms with van der Waals surface area (Å²) in [6, 6.07) is 6.98. The number of hydrogen-bond acceptors (Lipinski definition) is 2. The van der Waals surface area contributed by atoms with Crippen LogP contribution in [0, 0.1) is 17.3 Å². The van der Waals surface area contributed by atoms with E-state index in [2.05, 4.69) is 33.8 Å². The Morgan fingerprint density at radius 2 is 2.00 bits per heavy atom. The lowest BCUT2D eigenvalue weighted by atomic mass is 10.1. The first-order valence-electron chi connectivity index (χ1n) is 6.90. The predicted molar refractivity (Wildman–Crippen MR) is 81.9 cm³/mol. The summed E-state index contributed by atoms with van der Waals surface area (Å²) in [7, 11) is 0. The fourth-order valence-electron chi connectivity index (χ4n) is 2.66. The van der Waals surface area contributed by atoms with E-state index in [1.165, 1.54) is 5.57 Å². The largest absolute Gasteiger partial charge is 0.462 e. The summed E-state index contributed by atoms with van der Waals surface area (Å²) < 4.78 is 5.43. The average Bonchev–Trinajstić information content (AvgIpc) is 2.87. The number of halogens is 1. The molecule has 2 nitrogen and oxygen atoms in total. The van der Waals surface area contributed by atoms with Crippen molar-refractivity contribution >= 4 is 17.6 Å². The van der Waals surface area contributed by atoms with Gasteiger partial charge in [0.15, 0.2) is 0 Å². The topological polar surface area (TPSA) is 26.3 Å². The van der Waals surface area contributed by atoms with Crippen molar-refractivity contribution in [2.45, 2.75) is 27.7 Å². The number of ether oxygens (including phenoxy) is 1. The van der Waals surface area contributed by atoms with Crippen molar-refractivity contribution in [2.75, 3.05) is 6.61 Å². The van der Waals surface area contributed by atoms with E-state index >= 15 is 0 Å². The molecular formula is C17H21ClO2. The Morgan fingerprint density at radius 1 is 1.35 bits per heavy atom. The monoisotopic (exact) mass is 292 g/mol. The molecule has 0 saturated heterocycles. The van der Waals surface area contributed by atoms with Gasteiger partial charge >= 0.3 is 5.97 Å². The Balaban J connectivity index is 1.96. The van der Waals surface area contributed by atoms with E-state index in [1.54, 1.807) is 24.3 Å². The molecule has 0 aliphatic heterocycles. The molecule has 1 aliphatic rings. The zero-order chi connectivity index (χ0) is 14.9. The van der Waals surface area contributed by atoms with Crippen LogP contribution >= 0.6 is 11.6 Å². The third-order valence-corrected chi connectivity index (χ3v) is 4.47. The number of esters is 1. The fraction of sp³-hybridized carbons (Fsp3) is 0.471. The molecule has 0 heterocycles. The molecule has 20 heavy (non-hydrogen) atoms. The Hall–Kier alpha value is -1.28. The number of allylic oxidation sites excluding steroid dienone is 2. The van der Waals surface area contributed by atoms with Gasteiger partial charge in [-0.1, -0.05) is 49.2 Å². The second kappa shape index (κ2) is 5.61. The highest BCUT2D eigenvalue weighted by Crippen LogP contribution is 2.59. The molecule has 1 fully saturated rings. The second-order valence-electron chi connectivity index (χ2n) is 6.28. The SMILES string of the molecule is CC(C)=C[C@@H]1[C@H](COC(=O)c2ccccc2Cl)C1(C)C. The quantitative estimate of drug-likeness (QED) is 0.592. The Morgan fingerprint density at radius 3 is 2.60 bits per heavy atom. The molecule has 1 aromatic rings. The highest BCUT2D eigenvalue weighted by Gasteiger charge is 2.56. The van der Waals surface area contributed by atoms with Gasteiger partial charge in [-0.25, -0.2) is 4.79 Å². The molecule has 0 bridgehead atoms. The van der Waals surface area contributed by atoms with E-state index in [0.717, 1.165) is 0 Å². The lowest BCUT2D eigenvalue weighted by Gasteiger charge is -2.06. The second-order valence-corrected chi connectivity index (χ2v) is 6.68. The van der Waals surface area contributed by atoms with Gasteiger partial charge in [-0.2, -0.15) is 0 Å². The Bertz CT molecular complexity index is 542. The minimum atomic E-state index is -0.339. The summed E-state index contributed by atoms with van der Waals surface area (Å²) in [6.45, 7) is 9.07. The summed E-state index contributed by atoms with van der Waals surface area (Å²) in [5.41, 5.74) is 1.95. The molecule has 0 radical (unpaired) electrons. The van der Waals surface area contributed by atoms with Crippen LogP contribution in [0.15, 0.2) is 35.9 Å². The molecule has 3 heteroatoms. The van der Waals surface area contributed by atoms with E-state index in [1.807, 2.05) is 0 Å². The van der Waals surface area contributed by atoms with Gasteiger partial charge in [0.05, 0.1) is 17.2 Å². The first kappa shape index (κ1) is 15.1. The summed E-state index contributed by atoms with van der Waals surface area (Å²) in [5, 5.41) is 0.438. The Labute approximate surface area is 125 Å². The molecule has 2 rings (SSSR count). The highest BCUT2D eigenvalue weighted by molar-refractivity contribution is 6.33. The van der Waals surface area contributed by atoms with Crippen molar-refractivity contribution in [2.24, 2.45) is 17.3 Å². The normalized spacial score (nSPS) is 23.1. The van der Waals surface area contributed by atoms with Gasteiger partial charge in [0.25, 0.3) is 0 Å². The molecule has 108 valence electrons. The van der Waals surface area contributed by atoms with Crippen LogP contribution in [-0.2, 0) is 4.74 Å². The van der Waals surface area contributed by atoms with Crippen molar-refractivity contribution < 1.29 is 9.53 Å². The summed E-state index contributed by atoms with van der Waals surface area (Å²) in [6.07, 6.45) is 2.27. The van der Waals surface area contributed by atoms with Gasteiger partial charge in [-0.15, -0.1) is 0 Å². The van der Waals surface area contributed by atoms with Crippen molar-refractivity contribution in [1.29, 1.82) is 0 Å². The van der Waals surface area contributed by atoms with Crippen molar-refractivity contribution in [1.82, 2.24) is 0 Å². The number of hydrogen-bond donors (Lipinski definition) is 0. The van der Waals surface area contributed by atoms with Gasteiger partial charge < -0.3 is 4.74 Å². The smallest absolute Gasteiger partial charge is 0.339 e. The van der Waals surface area contributed by atoms with Gasteiger partial charge in [-0.3, -0.25) is 0 Å². The van der Waals surface area contributed by atoms with Gasteiger partial charge in [0.2, 0.25) is 0 Å². The van der Waals surface area contributed by atoms with Crippen molar-refractivity contribution in [3.05, 3.63) is 46.5 Å². The van der Waals surface area contributed by atoms with Gasteiger partial charge in [-0.05, 0) is 37.3 Å². The van der Waals surface area contributed by atoms with Crippen LogP contribution in [0.25, 0.3) is 0 Å². The maximum absolute atomic E-state index is 12.0. The lowest BCUT2D eigenvalue weighted by Crippen LogP contribution is -2.10. The van der Waals surface area contributed by atoms with E-state index in [-0.39, 0.29) is 11.4 Å². The zero-order valence-electron chi connectivity index (χ0n) is 12.4. The highest BCUT2D eigenvalue weighted by atomic mass is 35.5. The minimum absolute atomic E-state index is 0.206. The van der Waals surface area contributed by atoms with Crippen LogP contribution in [0.3, 0.4) is 0 Å². The maximum atomic E-state index is 12.0. The third kappa shape index (κ3) is 3.06. The fourth-order valence-corrected chi connectivity index (χ4v) is 2.88. The van der Waals surface area contributed by atoms with E-state index in [0.29, 0.717) is 29.0 Å². The zero-order valence-corrected chi connectivity index (χ0v) is 13.2. The van der Waals surface area contributed by atoms with E-state index < -0.39 is 0 Å².